The Kier molecular flexibility index (Phi) is 6.47. The molecule has 1 aromatic carbocycles. The Hall–Kier alpha value is -1.32. The van der Waals surface area contributed by atoms with Crippen molar-refractivity contribution in [1.82, 2.24) is 0 Å². The summed E-state index contributed by atoms with van der Waals surface area (Å²) in [5.74, 6) is 0.858. The van der Waals surface area contributed by atoms with Gasteiger partial charge in [-0.3, -0.25) is 0 Å². The van der Waals surface area contributed by atoms with Gasteiger partial charge in [-0.1, -0.05) is 24.3 Å². The van der Waals surface area contributed by atoms with Gasteiger partial charge in [0.05, 0.1) is 12.1 Å². The van der Waals surface area contributed by atoms with Crippen molar-refractivity contribution in [3.63, 3.8) is 0 Å². The molecule has 0 amide bonds. The number of piperidine rings is 1. The summed E-state index contributed by atoms with van der Waals surface area (Å²) >= 11 is 0. The highest BCUT2D eigenvalue weighted by Crippen LogP contribution is 2.18. The molecule has 2 N–H and O–H groups in total. The number of benzene rings is 1. The summed E-state index contributed by atoms with van der Waals surface area (Å²) < 4.78 is 5.85. The van der Waals surface area contributed by atoms with E-state index in [1.807, 2.05) is 30.3 Å². The minimum absolute atomic E-state index is 0.358. The normalized spacial score (nSPS) is 26.4. The van der Waals surface area contributed by atoms with Crippen LogP contribution >= 0.6 is 0 Å². The van der Waals surface area contributed by atoms with Crippen LogP contribution < -0.4 is 9.64 Å². The molecule has 22 heavy (non-hydrogen) atoms. The lowest BCUT2D eigenvalue weighted by Gasteiger charge is -2.36. The summed E-state index contributed by atoms with van der Waals surface area (Å²) in [6.45, 7) is 9.49. The van der Waals surface area contributed by atoms with Gasteiger partial charge in [-0.15, -0.1) is 6.58 Å². The third-order valence-corrected chi connectivity index (χ3v) is 4.78. The average Bonchev–Trinajstić information content (AvgIpc) is 2.50. The Morgan fingerprint density at radius 3 is 2.68 bits per heavy atom. The van der Waals surface area contributed by atoms with Crippen LogP contribution in [0.25, 0.3) is 0 Å². The predicted octanol–water partition coefficient (Wildman–Crippen LogP) is 2.00. The van der Waals surface area contributed by atoms with Gasteiger partial charge in [0.2, 0.25) is 0 Å². The van der Waals surface area contributed by atoms with Crippen molar-refractivity contribution in [3.8, 4) is 5.75 Å². The van der Waals surface area contributed by atoms with E-state index in [0.29, 0.717) is 18.7 Å². The van der Waals surface area contributed by atoms with Gasteiger partial charge in [0.15, 0.2) is 0 Å². The van der Waals surface area contributed by atoms with E-state index < -0.39 is 6.10 Å². The summed E-state index contributed by atoms with van der Waals surface area (Å²) in [6.07, 6.45) is 6.07. The fraction of sp³-hybridized carbons (Fsp3) is 0.579. The molecule has 1 saturated heterocycles. The van der Waals surface area contributed by atoms with Crippen molar-refractivity contribution < 1.29 is 14.7 Å². The van der Waals surface area contributed by atoms with E-state index in [4.69, 9.17) is 4.74 Å². The molecule has 0 spiro atoms. The molecule has 0 saturated carbocycles. The van der Waals surface area contributed by atoms with E-state index in [9.17, 15) is 5.11 Å². The quantitative estimate of drug-likeness (QED) is 0.756. The predicted molar refractivity (Wildman–Crippen MR) is 90.4 cm³/mol. The first-order valence-electron chi connectivity index (χ1n) is 8.47. The topological polar surface area (TPSA) is 33.9 Å². The summed E-state index contributed by atoms with van der Waals surface area (Å²) in [5, 5.41) is 10.4. The van der Waals surface area contributed by atoms with Crippen LogP contribution in [0.5, 0.6) is 5.75 Å². The molecule has 0 aliphatic carbocycles. The Balaban J connectivity index is 1.87. The third-order valence-electron chi connectivity index (χ3n) is 4.78. The summed E-state index contributed by atoms with van der Waals surface area (Å²) in [6, 6.07) is 9.24. The molecule has 2 rings (SSSR count). The third kappa shape index (κ3) is 4.59. The molecule has 1 aliphatic rings. The molecule has 0 bridgehead atoms. The minimum atomic E-state index is -0.421. The first-order chi connectivity index (χ1) is 10.6. The second-order valence-electron chi connectivity index (χ2n) is 6.58. The van der Waals surface area contributed by atoms with Gasteiger partial charge in [-0.05, 0) is 51.2 Å². The van der Waals surface area contributed by atoms with Gasteiger partial charge < -0.3 is 14.7 Å². The first kappa shape index (κ1) is 17.0. The summed E-state index contributed by atoms with van der Waals surface area (Å²) in [7, 11) is 0. The van der Waals surface area contributed by atoms with Crippen LogP contribution in [0, 0.1) is 0 Å². The number of aliphatic hydroxyl groups excluding tert-OH is 1. The van der Waals surface area contributed by atoms with E-state index in [0.717, 1.165) is 24.3 Å². The number of rotatable bonds is 7. The van der Waals surface area contributed by atoms with Crippen LogP contribution in [0.3, 0.4) is 0 Å². The van der Waals surface area contributed by atoms with Crippen molar-refractivity contribution in [2.45, 2.75) is 57.7 Å². The van der Waals surface area contributed by atoms with E-state index in [1.54, 1.807) is 0 Å². The van der Waals surface area contributed by atoms with Crippen LogP contribution in [0.2, 0.25) is 0 Å². The largest absolute Gasteiger partial charge is 0.490 e. The molecular weight excluding hydrogens is 274 g/mol. The van der Waals surface area contributed by atoms with Crippen molar-refractivity contribution >= 4 is 0 Å². The van der Waals surface area contributed by atoms with Gasteiger partial charge in [0, 0.05) is 0 Å². The standard InChI is InChI=1S/C19H29NO2/c1-4-8-17-11-5-6-12-19(17)22-14-18(21)13-20-15(2)9-7-10-16(20)3/h4-6,11-12,15-16,18,21H,1,7-10,13-14H2,2-3H3/p+1. The lowest BCUT2D eigenvalue weighted by atomic mass is 9.97. The maximum atomic E-state index is 10.4. The number of aliphatic hydroxyl groups is 1. The van der Waals surface area contributed by atoms with Gasteiger partial charge in [-0.25, -0.2) is 0 Å². The van der Waals surface area contributed by atoms with Crippen LogP contribution in [-0.2, 0) is 6.42 Å². The Morgan fingerprint density at radius 1 is 1.32 bits per heavy atom. The average molecular weight is 304 g/mol. The number of allylic oxidation sites excluding steroid dienone is 1. The molecule has 1 heterocycles. The van der Waals surface area contributed by atoms with Crippen molar-refractivity contribution in [2.75, 3.05) is 13.2 Å². The zero-order valence-corrected chi connectivity index (χ0v) is 13.9. The second-order valence-corrected chi connectivity index (χ2v) is 6.58. The number of hydrogen-bond donors (Lipinski definition) is 2. The molecule has 3 heteroatoms. The number of nitrogens with one attached hydrogen (secondary N) is 1. The van der Waals surface area contributed by atoms with Crippen molar-refractivity contribution in [1.29, 1.82) is 0 Å². The summed E-state index contributed by atoms with van der Waals surface area (Å²) in [5.41, 5.74) is 1.12. The fourth-order valence-electron chi connectivity index (χ4n) is 3.47. The van der Waals surface area contributed by atoms with Gasteiger partial charge >= 0.3 is 0 Å². The molecule has 1 aromatic rings. The first-order valence-corrected chi connectivity index (χ1v) is 8.47. The molecule has 3 unspecified atom stereocenters. The SMILES string of the molecule is C=CCc1ccccc1OCC(O)C[NH+]1C(C)CCCC1C. The van der Waals surface area contributed by atoms with E-state index >= 15 is 0 Å². The maximum Gasteiger partial charge on any atom is 0.137 e. The highest BCUT2D eigenvalue weighted by atomic mass is 16.5. The molecular formula is C19H30NO2+. The fourth-order valence-corrected chi connectivity index (χ4v) is 3.47. The Labute approximate surface area is 134 Å². The monoisotopic (exact) mass is 304 g/mol. The van der Waals surface area contributed by atoms with Gasteiger partial charge in [-0.2, -0.15) is 0 Å². The minimum Gasteiger partial charge on any atom is -0.490 e. The number of para-hydroxylation sites is 1. The highest BCUT2D eigenvalue weighted by molar-refractivity contribution is 5.34. The molecule has 1 fully saturated rings. The molecule has 1 aliphatic heterocycles. The van der Waals surface area contributed by atoms with E-state index in [2.05, 4.69) is 20.4 Å². The number of quaternary nitrogens is 1. The van der Waals surface area contributed by atoms with E-state index in [1.165, 1.54) is 24.2 Å². The van der Waals surface area contributed by atoms with Crippen LogP contribution in [0.4, 0.5) is 0 Å². The Bertz CT molecular complexity index is 464. The number of ether oxygens (including phenoxy) is 1. The smallest absolute Gasteiger partial charge is 0.137 e. The molecule has 3 atom stereocenters. The molecule has 3 nitrogen and oxygen atoms in total. The zero-order chi connectivity index (χ0) is 15.9. The van der Waals surface area contributed by atoms with Crippen LogP contribution in [0.1, 0.15) is 38.7 Å². The second kappa shape index (κ2) is 8.35. The summed E-state index contributed by atoms with van der Waals surface area (Å²) in [4.78, 5) is 1.52. The van der Waals surface area contributed by atoms with Crippen LogP contribution in [-0.4, -0.2) is 36.4 Å². The molecule has 0 aromatic heterocycles. The van der Waals surface area contributed by atoms with Crippen molar-refractivity contribution in [2.24, 2.45) is 0 Å². The van der Waals surface area contributed by atoms with Crippen molar-refractivity contribution in [3.05, 3.63) is 42.5 Å². The lowest BCUT2D eigenvalue weighted by molar-refractivity contribution is -0.954. The van der Waals surface area contributed by atoms with Crippen LogP contribution in [0.15, 0.2) is 36.9 Å². The highest BCUT2D eigenvalue weighted by Gasteiger charge is 2.30. The number of hydrogen-bond acceptors (Lipinski definition) is 2. The van der Waals surface area contributed by atoms with Gasteiger partial charge in [0.25, 0.3) is 0 Å². The zero-order valence-electron chi connectivity index (χ0n) is 13.9. The number of likely N-dealkylation sites (tertiary alicyclic amines) is 1. The Morgan fingerprint density at radius 2 is 2.00 bits per heavy atom. The molecule has 122 valence electrons. The lowest BCUT2D eigenvalue weighted by Crippen LogP contribution is -3.20. The maximum absolute atomic E-state index is 10.4. The van der Waals surface area contributed by atoms with E-state index in [-0.39, 0.29) is 0 Å². The molecule has 0 radical (unpaired) electrons. The van der Waals surface area contributed by atoms with Gasteiger partial charge in [0.1, 0.15) is 25.0 Å².